The summed E-state index contributed by atoms with van der Waals surface area (Å²) in [5.74, 6) is 0. The van der Waals surface area contributed by atoms with Crippen molar-refractivity contribution in [1.82, 2.24) is 0 Å². The quantitative estimate of drug-likeness (QED) is 0.333. The Kier molecular flexibility index (Phi) is 348000. The second kappa shape index (κ2) is 50200. The van der Waals surface area contributed by atoms with Gasteiger partial charge in [0, 0.05) is 0 Å². The standard InChI is InChI=1S/3C2H4.3ClH/c3*1-2;;;/h3*1-2H2;3*1H/p-3. The van der Waals surface area contributed by atoms with Crippen molar-refractivity contribution in [2.45, 2.75) is 0 Å². The first-order chi connectivity index (χ1) is 3.00. The highest BCUT2D eigenvalue weighted by atomic mass is 35.5. The molecule has 0 fully saturated rings. The maximum atomic E-state index is 3.00. The van der Waals surface area contributed by atoms with Gasteiger partial charge in [0.1, 0.15) is 0 Å². The molecule has 0 nitrogen and oxygen atoms in total. The molecule has 0 unspecified atom stereocenters. The second-order valence-electron chi connectivity index (χ2n) is 0. The molecular formula is C6H12Cl3-3. The predicted molar refractivity (Wildman–Crippen MR) is 33.8 cm³/mol. The number of halogens is 3. The van der Waals surface area contributed by atoms with Crippen LogP contribution in [-0.2, 0) is 0 Å². The highest BCUT2D eigenvalue weighted by Gasteiger charge is 0.605. The minimum absolute atomic E-state index is 0. The van der Waals surface area contributed by atoms with Gasteiger partial charge in [0.05, 0.1) is 0 Å². The number of rotatable bonds is 0. The van der Waals surface area contributed by atoms with Crippen molar-refractivity contribution < 1.29 is 37.2 Å². The van der Waals surface area contributed by atoms with Crippen molar-refractivity contribution in [2.75, 3.05) is 0 Å². The second-order valence-corrected chi connectivity index (χ2v) is 0. The highest BCUT2D eigenvalue weighted by Crippen LogP contribution is 0.866. The van der Waals surface area contributed by atoms with Crippen LogP contribution in [0.15, 0.2) is 39.5 Å². The summed E-state index contributed by atoms with van der Waals surface area (Å²) >= 11 is 0. The van der Waals surface area contributed by atoms with E-state index in [0.29, 0.717) is 0 Å². The van der Waals surface area contributed by atoms with Gasteiger partial charge >= 0.3 is 0 Å². The van der Waals surface area contributed by atoms with Crippen molar-refractivity contribution in [3.8, 4) is 0 Å². The largest absolute Gasteiger partial charge is 1.00 e. The van der Waals surface area contributed by atoms with E-state index in [0.717, 1.165) is 0 Å². The lowest BCUT2D eigenvalue weighted by molar-refractivity contribution is -0.00100. The molecule has 0 spiro atoms. The first-order valence-electron chi connectivity index (χ1n) is 1.50. The van der Waals surface area contributed by atoms with Gasteiger partial charge in [0.2, 0.25) is 0 Å². The van der Waals surface area contributed by atoms with Gasteiger partial charge in [-0.2, -0.15) is 0 Å². The van der Waals surface area contributed by atoms with Gasteiger partial charge in [-0.25, -0.2) is 0 Å². The molecule has 0 saturated carbocycles. The minimum atomic E-state index is 0. The van der Waals surface area contributed by atoms with Gasteiger partial charge in [0.25, 0.3) is 0 Å². The molecule has 3 heteroatoms. The molecule has 0 aromatic carbocycles. The van der Waals surface area contributed by atoms with Crippen LogP contribution in [0.4, 0.5) is 0 Å². The maximum absolute atomic E-state index is 3.00. The van der Waals surface area contributed by atoms with Gasteiger partial charge in [-0.15, -0.1) is 39.5 Å². The fourth-order valence-corrected chi connectivity index (χ4v) is 0. The molecule has 0 aliphatic rings. The predicted octanol–water partition coefficient (Wildman–Crippen LogP) is -6.58. The summed E-state index contributed by atoms with van der Waals surface area (Å²) in [6, 6.07) is 0. The van der Waals surface area contributed by atoms with E-state index in [1.165, 1.54) is 0 Å². The van der Waals surface area contributed by atoms with Crippen LogP contribution in [0.2, 0.25) is 0 Å². The molecule has 0 atom stereocenters. The summed E-state index contributed by atoms with van der Waals surface area (Å²) in [7, 11) is 0. The Morgan fingerprint density at radius 2 is 0.333 bits per heavy atom. The Morgan fingerprint density at radius 3 is 0.333 bits per heavy atom. The van der Waals surface area contributed by atoms with Crippen molar-refractivity contribution in [3.05, 3.63) is 39.5 Å². The van der Waals surface area contributed by atoms with Crippen molar-refractivity contribution >= 4 is 0 Å². The van der Waals surface area contributed by atoms with Crippen molar-refractivity contribution in [1.29, 1.82) is 0 Å². The molecule has 0 heterocycles. The molecule has 0 aromatic heterocycles. The summed E-state index contributed by atoms with van der Waals surface area (Å²) in [6.45, 7) is 18.0. The van der Waals surface area contributed by atoms with Gasteiger partial charge in [-0.1, -0.05) is 0 Å². The van der Waals surface area contributed by atoms with Crippen LogP contribution in [0.25, 0.3) is 0 Å². The fourth-order valence-electron chi connectivity index (χ4n) is 0. The Bertz CT molecular complexity index is 13.0. The molecule has 0 rings (SSSR count). The van der Waals surface area contributed by atoms with Gasteiger partial charge in [0.15, 0.2) is 0 Å². The van der Waals surface area contributed by atoms with E-state index >= 15 is 0 Å². The van der Waals surface area contributed by atoms with Crippen LogP contribution < -0.4 is 37.2 Å². The highest BCUT2D eigenvalue weighted by molar-refractivity contribution is 4.22. The summed E-state index contributed by atoms with van der Waals surface area (Å²) in [4.78, 5) is 0. The smallest absolute Gasteiger partial charge is 0.106 e. The molecule has 0 aromatic rings. The maximum Gasteiger partial charge on any atom is -0.106 e. The van der Waals surface area contributed by atoms with E-state index in [4.69, 9.17) is 0 Å². The summed E-state index contributed by atoms with van der Waals surface area (Å²) in [5, 5.41) is 0. The van der Waals surface area contributed by atoms with E-state index < -0.39 is 0 Å². The summed E-state index contributed by atoms with van der Waals surface area (Å²) in [6.07, 6.45) is 0. The molecule has 0 amide bonds. The topological polar surface area (TPSA) is 0 Å². The molecular weight excluding hydrogens is 178 g/mol. The third-order valence-electron chi connectivity index (χ3n) is 0. The molecule has 60 valence electrons. The van der Waals surface area contributed by atoms with E-state index in [1.54, 1.807) is 0 Å². The van der Waals surface area contributed by atoms with E-state index in [2.05, 4.69) is 39.5 Å². The van der Waals surface area contributed by atoms with Gasteiger partial charge in [-0.05, 0) is 0 Å². The van der Waals surface area contributed by atoms with Gasteiger partial charge < -0.3 is 37.2 Å². The normalized spacial score (nSPS) is 1.33. The molecule has 9 heavy (non-hydrogen) atoms. The first kappa shape index (κ1) is 62.3. The number of hydrogen-bond donors (Lipinski definition) is 0. The lowest BCUT2D eigenvalue weighted by Crippen LogP contribution is -3.00. The Balaban J connectivity index is -0.00000000321. The van der Waals surface area contributed by atoms with Crippen molar-refractivity contribution in [2.24, 2.45) is 0 Å². The Morgan fingerprint density at radius 1 is 0.333 bits per heavy atom. The van der Waals surface area contributed by atoms with Crippen LogP contribution in [0.3, 0.4) is 0 Å². The van der Waals surface area contributed by atoms with Crippen LogP contribution >= 0.6 is 0 Å². The van der Waals surface area contributed by atoms with Crippen LogP contribution in [0, 0.1) is 0 Å². The van der Waals surface area contributed by atoms with E-state index in [9.17, 15) is 0 Å². The lowest BCUT2D eigenvalue weighted by atomic mass is 11.3. The van der Waals surface area contributed by atoms with Crippen LogP contribution in [-0.4, -0.2) is 0 Å². The lowest BCUT2D eigenvalue weighted by Gasteiger charge is -1.00. The van der Waals surface area contributed by atoms with E-state index in [-0.39, 0.29) is 37.2 Å². The summed E-state index contributed by atoms with van der Waals surface area (Å²) in [5.41, 5.74) is 0. The molecule has 0 radical (unpaired) electrons. The minimum Gasteiger partial charge on any atom is -1.00 e. The molecule has 0 aliphatic carbocycles. The Labute approximate surface area is 77.0 Å². The molecule has 0 bridgehead atoms. The number of hydrogen-bond acceptors (Lipinski definition) is 0. The third-order valence-corrected chi connectivity index (χ3v) is 0. The fraction of sp³-hybridized carbons (Fsp3) is 0. The van der Waals surface area contributed by atoms with Crippen LogP contribution in [0.5, 0.6) is 0 Å². The monoisotopic (exact) mass is 189 g/mol. The Hall–Kier alpha value is 0.0900. The van der Waals surface area contributed by atoms with Crippen molar-refractivity contribution in [3.63, 3.8) is 0 Å². The zero-order valence-corrected chi connectivity index (χ0v) is 7.64. The van der Waals surface area contributed by atoms with Gasteiger partial charge in [-0.3, -0.25) is 0 Å². The zero-order chi connectivity index (χ0) is 6.00. The summed E-state index contributed by atoms with van der Waals surface area (Å²) < 4.78 is 0. The average molecular weight is 191 g/mol. The molecule has 0 saturated heterocycles. The van der Waals surface area contributed by atoms with Crippen LogP contribution in [0.1, 0.15) is 0 Å². The first-order valence-corrected chi connectivity index (χ1v) is 1.50. The SMILES string of the molecule is C=C.C=C.C=C.[Cl-].[Cl-].[Cl-]. The molecule has 0 aliphatic heterocycles. The third kappa shape index (κ3) is 37000. The molecule has 0 N–H and O–H groups in total. The average Bonchev–Trinajstić information content (AvgIpc) is 1.81. The zero-order valence-electron chi connectivity index (χ0n) is 5.38. The van der Waals surface area contributed by atoms with E-state index in [1.807, 2.05) is 0 Å².